The summed E-state index contributed by atoms with van der Waals surface area (Å²) in [6, 6.07) is 0. The third-order valence-corrected chi connectivity index (χ3v) is 2.60. The van der Waals surface area contributed by atoms with Gasteiger partial charge in [0, 0.05) is 6.42 Å². The van der Waals surface area contributed by atoms with Crippen LogP contribution in [0.1, 0.15) is 46.0 Å². The van der Waals surface area contributed by atoms with E-state index in [1.807, 2.05) is 6.92 Å². The molecular formula is C12H20O2. The Hall–Kier alpha value is -0.970. The van der Waals surface area contributed by atoms with Crippen molar-refractivity contribution in [2.45, 2.75) is 46.0 Å². The van der Waals surface area contributed by atoms with Crippen LogP contribution in [0.15, 0.2) is 0 Å². The van der Waals surface area contributed by atoms with E-state index in [2.05, 4.69) is 12.8 Å². The second-order valence-corrected chi connectivity index (χ2v) is 3.83. The monoisotopic (exact) mass is 196 g/mol. The Labute approximate surface area is 86.7 Å². The van der Waals surface area contributed by atoms with Gasteiger partial charge in [-0.3, -0.25) is 4.79 Å². The summed E-state index contributed by atoms with van der Waals surface area (Å²) in [6.45, 7) is 4.12. The molecule has 2 atom stereocenters. The van der Waals surface area contributed by atoms with E-state index in [9.17, 15) is 4.79 Å². The van der Waals surface area contributed by atoms with Gasteiger partial charge in [-0.2, -0.15) is 0 Å². The predicted octanol–water partition coefficient (Wildman–Crippen LogP) is 2.93. The van der Waals surface area contributed by atoms with Crippen molar-refractivity contribution in [1.29, 1.82) is 0 Å². The maximum atomic E-state index is 10.9. The van der Waals surface area contributed by atoms with E-state index in [1.165, 1.54) is 12.8 Å². The number of carboxylic acid groups (broad SMARTS) is 1. The minimum Gasteiger partial charge on any atom is -0.481 e. The van der Waals surface area contributed by atoms with E-state index < -0.39 is 5.97 Å². The van der Waals surface area contributed by atoms with E-state index in [-0.39, 0.29) is 11.8 Å². The maximum absolute atomic E-state index is 10.9. The molecule has 0 aliphatic heterocycles. The van der Waals surface area contributed by atoms with Gasteiger partial charge < -0.3 is 5.11 Å². The highest BCUT2D eigenvalue weighted by molar-refractivity contribution is 5.70. The van der Waals surface area contributed by atoms with Gasteiger partial charge in [0.15, 0.2) is 0 Å². The molecule has 2 heteroatoms. The summed E-state index contributed by atoms with van der Waals surface area (Å²) in [4.78, 5) is 10.9. The number of hydrogen-bond donors (Lipinski definition) is 1. The number of aliphatic carboxylic acids is 1. The molecule has 2 unspecified atom stereocenters. The Bertz CT molecular complexity index is 203. The second kappa shape index (κ2) is 7.44. The lowest BCUT2D eigenvalue weighted by Crippen LogP contribution is -2.21. The fourth-order valence-corrected chi connectivity index (χ4v) is 1.58. The quantitative estimate of drug-likeness (QED) is 0.502. The van der Waals surface area contributed by atoms with E-state index in [1.54, 1.807) is 0 Å². The highest BCUT2D eigenvalue weighted by atomic mass is 16.4. The van der Waals surface area contributed by atoms with Gasteiger partial charge in [0.1, 0.15) is 0 Å². The van der Waals surface area contributed by atoms with Crippen LogP contribution in [0.2, 0.25) is 0 Å². The molecule has 0 aliphatic carbocycles. The van der Waals surface area contributed by atoms with Gasteiger partial charge >= 0.3 is 5.97 Å². The first-order chi connectivity index (χ1) is 6.63. The zero-order valence-corrected chi connectivity index (χ0v) is 9.12. The van der Waals surface area contributed by atoms with E-state index in [4.69, 9.17) is 11.5 Å². The molecule has 0 aromatic rings. The molecular weight excluding hydrogens is 176 g/mol. The van der Waals surface area contributed by atoms with Crippen LogP contribution in [0, 0.1) is 24.2 Å². The molecule has 0 fully saturated rings. The molecule has 0 saturated carbocycles. The Morgan fingerprint density at radius 1 is 1.50 bits per heavy atom. The average Bonchev–Trinajstić information content (AvgIpc) is 2.13. The molecule has 0 amide bonds. The Morgan fingerprint density at radius 2 is 2.14 bits per heavy atom. The average molecular weight is 196 g/mol. The normalized spacial score (nSPS) is 14.4. The molecule has 0 aliphatic rings. The topological polar surface area (TPSA) is 37.3 Å². The summed E-state index contributed by atoms with van der Waals surface area (Å²) < 4.78 is 0. The van der Waals surface area contributed by atoms with E-state index >= 15 is 0 Å². The first-order valence-electron chi connectivity index (χ1n) is 5.29. The summed E-state index contributed by atoms with van der Waals surface area (Å²) in [5.41, 5.74) is 0. The van der Waals surface area contributed by atoms with Crippen molar-refractivity contribution in [2.75, 3.05) is 0 Å². The minimum absolute atomic E-state index is 0.190. The highest BCUT2D eigenvalue weighted by Crippen LogP contribution is 2.21. The van der Waals surface area contributed by atoms with Crippen molar-refractivity contribution in [3.63, 3.8) is 0 Å². The zero-order chi connectivity index (χ0) is 11.0. The Kier molecular flexibility index (Phi) is 6.92. The van der Waals surface area contributed by atoms with Crippen LogP contribution >= 0.6 is 0 Å². The molecule has 0 heterocycles. The van der Waals surface area contributed by atoms with Crippen molar-refractivity contribution < 1.29 is 9.90 Å². The maximum Gasteiger partial charge on any atom is 0.307 e. The van der Waals surface area contributed by atoms with Crippen LogP contribution in [0.5, 0.6) is 0 Å². The summed E-state index contributed by atoms with van der Waals surface area (Å²) in [5.74, 6) is 1.51. The number of rotatable bonds is 7. The third kappa shape index (κ3) is 4.91. The Balaban J connectivity index is 3.96. The fraction of sp³-hybridized carbons (Fsp3) is 0.750. The summed E-state index contributed by atoms with van der Waals surface area (Å²) in [6.07, 6.45) is 9.90. The predicted molar refractivity (Wildman–Crippen MR) is 57.9 cm³/mol. The third-order valence-electron chi connectivity index (χ3n) is 2.60. The van der Waals surface area contributed by atoms with Crippen molar-refractivity contribution in [3.8, 4) is 12.3 Å². The van der Waals surface area contributed by atoms with Crippen LogP contribution in [0.25, 0.3) is 0 Å². The van der Waals surface area contributed by atoms with E-state index in [0.29, 0.717) is 6.42 Å². The van der Waals surface area contributed by atoms with Gasteiger partial charge in [0.2, 0.25) is 0 Å². The fourth-order valence-electron chi connectivity index (χ4n) is 1.58. The molecule has 0 aromatic carbocycles. The van der Waals surface area contributed by atoms with Crippen molar-refractivity contribution in [3.05, 3.63) is 0 Å². The summed E-state index contributed by atoms with van der Waals surface area (Å²) in [7, 11) is 0. The van der Waals surface area contributed by atoms with Gasteiger partial charge in [-0.05, 0) is 12.3 Å². The molecule has 0 saturated heterocycles. The van der Waals surface area contributed by atoms with Crippen LogP contribution in [0.4, 0.5) is 0 Å². The van der Waals surface area contributed by atoms with Crippen LogP contribution in [-0.4, -0.2) is 11.1 Å². The van der Waals surface area contributed by atoms with Crippen molar-refractivity contribution in [1.82, 2.24) is 0 Å². The number of unbranched alkanes of at least 4 members (excludes halogenated alkanes) is 2. The number of terminal acetylenes is 1. The zero-order valence-electron chi connectivity index (χ0n) is 9.12. The van der Waals surface area contributed by atoms with Crippen molar-refractivity contribution >= 4 is 5.97 Å². The Morgan fingerprint density at radius 3 is 2.57 bits per heavy atom. The van der Waals surface area contributed by atoms with Crippen LogP contribution < -0.4 is 0 Å². The van der Waals surface area contributed by atoms with Crippen LogP contribution in [-0.2, 0) is 4.79 Å². The molecule has 0 rings (SSSR count). The minimum atomic E-state index is -0.757. The molecule has 0 aromatic heterocycles. The number of carbonyl (C=O) groups is 1. The van der Waals surface area contributed by atoms with Crippen molar-refractivity contribution in [2.24, 2.45) is 11.8 Å². The molecule has 1 N–H and O–H groups in total. The van der Waals surface area contributed by atoms with E-state index in [0.717, 1.165) is 12.8 Å². The van der Waals surface area contributed by atoms with Crippen LogP contribution in [0.3, 0.4) is 0 Å². The SMILES string of the molecule is C#CCC(C(=O)O)C(C)CCCCC. The molecule has 0 radical (unpaired) electrons. The lowest BCUT2D eigenvalue weighted by molar-refractivity contribution is -0.143. The summed E-state index contributed by atoms with van der Waals surface area (Å²) in [5, 5.41) is 8.94. The smallest absolute Gasteiger partial charge is 0.307 e. The largest absolute Gasteiger partial charge is 0.481 e. The van der Waals surface area contributed by atoms with Gasteiger partial charge in [-0.25, -0.2) is 0 Å². The molecule has 14 heavy (non-hydrogen) atoms. The summed E-state index contributed by atoms with van der Waals surface area (Å²) >= 11 is 0. The lowest BCUT2D eigenvalue weighted by Gasteiger charge is -2.17. The highest BCUT2D eigenvalue weighted by Gasteiger charge is 2.22. The molecule has 0 bridgehead atoms. The first-order valence-corrected chi connectivity index (χ1v) is 5.29. The first kappa shape index (κ1) is 13.0. The van der Waals surface area contributed by atoms with Gasteiger partial charge in [0.25, 0.3) is 0 Å². The molecule has 2 nitrogen and oxygen atoms in total. The molecule has 0 spiro atoms. The van der Waals surface area contributed by atoms with Gasteiger partial charge in [0.05, 0.1) is 5.92 Å². The number of carboxylic acids is 1. The number of hydrogen-bond acceptors (Lipinski definition) is 1. The molecule has 80 valence electrons. The van der Waals surface area contributed by atoms with Gasteiger partial charge in [-0.1, -0.05) is 33.1 Å². The lowest BCUT2D eigenvalue weighted by atomic mass is 9.87. The standard InChI is InChI=1S/C12H20O2/c1-4-6-7-9-10(3)11(8-5-2)12(13)14/h2,10-11H,4,6-9H2,1,3H3,(H,13,14). The van der Waals surface area contributed by atoms with Gasteiger partial charge in [-0.15, -0.1) is 12.3 Å². The second-order valence-electron chi connectivity index (χ2n) is 3.83.